The number of benzene rings is 1. The first kappa shape index (κ1) is 19.6. The largest absolute Gasteiger partial charge is 0.439 e. The Hall–Kier alpha value is -3.16. The number of nitro groups is 1. The van der Waals surface area contributed by atoms with Crippen molar-refractivity contribution in [2.24, 2.45) is 5.73 Å². The highest BCUT2D eigenvalue weighted by atomic mass is 32.2. The number of carbonyl (C=O) groups excluding carboxylic acids is 1. The van der Waals surface area contributed by atoms with Gasteiger partial charge in [-0.15, -0.1) is 11.8 Å². The molecule has 1 saturated heterocycles. The lowest BCUT2D eigenvalue weighted by molar-refractivity contribution is -0.385. The molecule has 0 saturated carbocycles. The molecule has 0 aliphatic carbocycles. The molecule has 2 N–H and O–H groups in total. The third-order valence-corrected chi connectivity index (χ3v) is 5.18. The van der Waals surface area contributed by atoms with Gasteiger partial charge >= 0.3 is 0 Å². The molecule has 1 aromatic heterocycles. The summed E-state index contributed by atoms with van der Waals surface area (Å²) in [5.41, 5.74) is 6.78. The van der Waals surface area contributed by atoms with E-state index in [1.165, 1.54) is 28.8 Å². The number of hydrogen-bond acceptors (Lipinski definition) is 8. The Morgan fingerprint density at radius 3 is 2.79 bits per heavy atom. The van der Waals surface area contributed by atoms with Crippen LogP contribution in [0.25, 0.3) is 0 Å². The number of amides is 1. The summed E-state index contributed by atoms with van der Waals surface area (Å²) in [4.78, 5) is 28.0. The lowest BCUT2D eigenvalue weighted by Crippen LogP contribution is -2.47. The predicted octanol–water partition coefficient (Wildman–Crippen LogP) is 2.08. The predicted molar refractivity (Wildman–Crippen MR) is 103 cm³/mol. The van der Waals surface area contributed by atoms with Crippen LogP contribution >= 0.6 is 11.8 Å². The van der Waals surface area contributed by atoms with Crippen molar-refractivity contribution in [2.75, 3.05) is 11.6 Å². The van der Waals surface area contributed by atoms with Gasteiger partial charge in [0.15, 0.2) is 0 Å². The first-order valence-electron chi connectivity index (χ1n) is 8.38. The summed E-state index contributed by atoms with van der Waals surface area (Å²) in [6.07, 6.45) is 1.47. The van der Waals surface area contributed by atoms with Crippen molar-refractivity contribution < 1.29 is 14.5 Å². The zero-order valence-corrected chi connectivity index (χ0v) is 15.5. The average Bonchev–Trinajstić information content (AvgIpc) is 3.18. The first-order valence-corrected chi connectivity index (χ1v) is 9.54. The molecule has 0 bridgehead atoms. The fraction of sp³-hybridized carbons (Fsp3) is 0.278. The van der Waals surface area contributed by atoms with E-state index in [0.717, 1.165) is 11.8 Å². The van der Waals surface area contributed by atoms with E-state index in [0.29, 0.717) is 23.8 Å². The van der Waals surface area contributed by atoms with Crippen molar-refractivity contribution in [2.45, 2.75) is 18.5 Å². The summed E-state index contributed by atoms with van der Waals surface area (Å²) in [6, 6.07) is 10.7. The number of carbonyl (C=O) groups is 1. The van der Waals surface area contributed by atoms with Gasteiger partial charge in [-0.2, -0.15) is 5.26 Å². The van der Waals surface area contributed by atoms with Crippen LogP contribution in [0.5, 0.6) is 11.6 Å². The van der Waals surface area contributed by atoms with Crippen molar-refractivity contribution in [3.05, 3.63) is 58.3 Å². The Balaban J connectivity index is 1.58. The minimum atomic E-state index is -0.724. The van der Waals surface area contributed by atoms with Crippen LogP contribution in [0.3, 0.4) is 0 Å². The van der Waals surface area contributed by atoms with Crippen LogP contribution < -0.4 is 10.5 Å². The van der Waals surface area contributed by atoms with Gasteiger partial charge in [0.25, 0.3) is 5.69 Å². The maximum atomic E-state index is 12.5. The van der Waals surface area contributed by atoms with Crippen LogP contribution in [-0.2, 0) is 11.2 Å². The van der Waals surface area contributed by atoms with E-state index in [9.17, 15) is 14.9 Å². The molecule has 2 aromatic rings. The van der Waals surface area contributed by atoms with Crippen LogP contribution in [-0.4, -0.2) is 44.4 Å². The normalized spacial score (nSPS) is 17.0. The molecule has 144 valence electrons. The van der Waals surface area contributed by atoms with E-state index >= 15 is 0 Å². The van der Waals surface area contributed by atoms with Crippen LogP contribution in [0.1, 0.15) is 5.56 Å². The second-order valence-electron chi connectivity index (χ2n) is 6.12. The molecular weight excluding hydrogens is 382 g/mol. The maximum absolute atomic E-state index is 12.5. The van der Waals surface area contributed by atoms with Crippen LogP contribution in [0, 0.1) is 21.4 Å². The highest BCUT2D eigenvalue weighted by molar-refractivity contribution is 7.99. The Bertz CT molecular complexity index is 898. The molecule has 9 nitrogen and oxygen atoms in total. The van der Waals surface area contributed by atoms with Crippen LogP contribution in [0.4, 0.5) is 5.69 Å². The number of pyridine rings is 1. The van der Waals surface area contributed by atoms with Gasteiger partial charge in [-0.05, 0) is 24.1 Å². The molecular formula is C18H17N5O4S. The molecule has 0 radical (unpaired) electrons. The van der Waals surface area contributed by atoms with E-state index < -0.39 is 17.0 Å². The average molecular weight is 399 g/mol. The Kier molecular flexibility index (Phi) is 6.08. The van der Waals surface area contributed by atoms with Crippen LogP contribution in [0.15, 0.2) is 42.6 Å². The maximum Gasteiger partial charge on any atom is 0.287 e. The summed E-state index contributed by atoms with van der Waals surface area (Å²) < 4.78 is 5.55. The first-order chi connectivity index (χ1) is 13.5. The molecule has 0 unspecified atom stereocenters. The van der Waals surface area contributed by atoms with Crippen molar-refractivity contribution in [1.29, 1.82) is 5.26 Å². The molecule has 1 aliphatic rings. The molecule has 2 heterocycles. The minimum absolute atomic E-state index is 0.114. The molecule has 3 rings (SSSR count). The standard InChI is InChI=1S/C18H17N5O4S/c19-8-14-10-28-11-22(14)18(24)16(20)7-12-1-4-15(5-2-12)27-17-6-3-13(9-21-17)23(25)26/h1-6,9,14,16H,7,10-11,20H2/t14-,16+/m1/s1. The number of ether oxygens (including phenoxy) is 1. The van der Waals surface area contributed by atoms with E-state index in [-0.39, 0.29) is 17.5 Å². The molecule has 10 heteroatoms. The summed E-state index contributed by atoms with van der Waals surface area (Å²) in [6.45, 7) is 0. The molecule has 28 heavy (non-hydrogen) atoms. The van der Waals surface area contributed by atoms with Crippen molar-refractivity contribution >= 4 is 23.4 Å². The lowest BCUT2D eigenvalue weighted by atomic mass is 10.1. The lowest BCUT2D eigenvalue weighted by Gasteiger charge is -2.22. The number of nitriles is 1. The third kappa shape index (κ3) is 4.57. The Labute approximate surface area is 165 Å². The van der Waals surface area contributed by atoms with E-state index in [1.807, 2.05) is 0 Å². The fourth-order valence-electron chi connectivity index (χ4n) is 2.68. The van der Waals surface area contributed by atoms with Crippen molar-refractivity contribution in [3.8, 4) is 17.7 Å². The highest BCUT2D eigenvalue weighted by Crippen LogP contribution is 2.23. The Morgan fingerprint density at radius 2 is 2.18 bits per heavy atom. The summed E-state index contributed by atoms with van der Waals surface area (Å²) in [5, 5.41) is 19.7. The van der Waals surface area contributed by atoms with Crippen molar-refractivity contribution in [3.63, 3.8) is 0 Å². The minimum Gasteiger partial charge on any atom is -0.439 e. The SMILES string of the molecule is N#C[C@@H]1CSCN1C(=O)[C@@H](N)Cc1ccc(Oc2ccc([N+](=O)[O-])cn2)cc1. The van der Waals surface area contributed by atoms with Gasteiger partial charge in [0.05, 0.1) is 22.9 Å². The van der Waals surface area contributed by atoms with E-state index in [2.05, 4.69) is 11.1 Å². The smallest absolute Gasteiger partial charge is 0.287 e. The molecule has 0 spiro atoms. The molecule has 1 aliphatic heterocycles. The van der Waals surface area contributed by atoms with Crippen LogP contribution in [0.2, 0.25) is 0 Å². The number of hydrogen-bond donors (Lipinski definition) is 1. The zero-order valence-electron chi connectivity index (χ0n) is 14.7. The number of rotatable bonds is 6. The number of nitrogens with zero attached hydrogens (tertiary/aromatic N) is 4. The molecule has 1 aromatic carbocycles. The summed E-state index contributed by atoms with van der Waals surface area (Å²) in [7, 11) is 0. The molecule has 1 amide bonds. The topological polar surface area (TPSA) is 135 Å². The Morgan fingerprint density at radius 1 is 1.43 bits per heavy atom. The third-order valence-electron chi connectivity index (χ3n) is 4.16. The second kappa shape index (κ2) is 8.69. The number of nitrogens with two attached hydrogens (primary N) is 1. The van der Waals surface area contributed by atoms with Gasteiger partial charge < -0.3 is 15.4 Å². The summed E-state index contributed by atoms with van der Waals surface area (Å²) >= 11 is 1.54. The van der Waals surface area contributed by atoms with Gasteiger partial charge in [0, 0.05) is 17.9 Å². The fourth-order valence-corrected chi connectivity index (χ4v) is 3.76. The van der Waals surface area contributed by atoms with Crippen molar-refractivity contribution in [1.82, 2.24) is 9.88 Å². The van der Waals surface area contributed by atoms with Gasteiger partial charge in [-0.25, -0.2) is 4.98 Å². The van der Waals surface area contributed by atoms with Gasteiger partial charge in [-0.3, -0.25) is 14.9 Å². The number of aromatic nitrogens is 1. The van der Waals surface area contributed by atoms with Gasteiger partial charge in [0.2, 0.25) is 11.8 Å². The zero-order chi connectivity index (χ0) is 20.1. The number of thioether (sulfide) groups is 1. The molecule has 2 atom stereocenters. The quantitative estimate of drug-likeness (QED) is 0.576. The monoisotopic (exact) mass is 399 g/mol. The van der Waals surface area contributed by atoms with E-state index in [4.69, 9.17) is 15.7 Å². The van der Waals surface area contributed by atoms with Gasteiger partial charge in [-0.1, -0.05) is 12.1 Å². The second-order valence-corrected chi connectivity index (χ2v) is 7.12. The summed E-state index contributed by atoms with van der Waals surface area (Å²) in [5.74, 6) is 1.61. The molecule has 1 fully saturated rings. The van der Waals surface area contributed by atoms with E-state index in [1.54, 1.807) is 24.3 Å². The van der Waals surface area contributed by atoms with Gasteiger partial charge in [0.1, 0.15) is 18.0 Å². The highest BCUT2D eigenvalue weighted by Gasteiger charge is 2.32.